The molecule has 0 atom stereocenters. The zero-order valence-corrected chi connectivity index (χ0v) is 11.9. The molecule has 96 valence electrons. The van der Waals surface area contributed by atoms with Crippen LogP contribution in [0.2, 0.25) is 0 Å². The van der Waals surface area contributed by atoms with E-state index >= 15 is 0 Å². The van der Waals surface area contributed by atoms with Crippen molar-refractivity contribution in [2.45, 2.75) is 0 Å². The number of anilines is 1. The highest BCUT2D eigenvalue weighted by Gasteiger charge is 1.94. The van der Waals surface area contributed by atoms with Crippen LogP contribution in [0.4, 0.5) is 5.69 Å². The number of halogens is 1. The summed E-state index contributed by atoms with van der Waals surface area (Å²) >= 11 is 2.28. The molecule has 0 aromatic heterocycles. The number of hydrogen-bond acceptors (Lipinski definition) is 4. The summed E-state index contributed by atoms with van der Waals surface area (Å²) in [6.45, 7) is 3.15. The third kappa shape index (κ3) is 7.40. The van der Waals surface area contributed by atoms with Crippen molar-refractivity contribution in [3.63, 3.8) is 0 Å². The summed E-state index contributed by atoms with van der Waals surface area (Å²) in [5.41, 5.74) is 6.30. The Labute approximate surface area is 116 Å². The van der Waals surface area contributed by atoms with Crippen LogP contribution in [-0.4, -0.2) is 37.5 Å². The zero-order valence-electron chi connectivity index (χ0n) is 9.73. The maximum Gasteiger partial charge on any atom is 0.119 e. The summed E-state index contributed by atoms with van der Waals surface area (Å²) in [5, 5.41) is 0. The summed E-state index contributed by atoms with van der Waals surface area (Å²) in [5.74, 6) is 0.809. The second-order valence-electron chi connectivity index (χ2n) is 3.33. The van der Waals surface area contributed by atoms with E-state index in [0.29, 0.717) is 26.4 Å². The summed E-state index contributed by atoms with van der Waals surface area (Å²) < 4.78 is 17.1. The molecule has 0 aliphatic rings. The number of ether oxygens (including phenoxy) is 3. The van der Waals surface area contributed by atoms with Crippen LogP contribution in [0.3, 0.4) is 0 Å². The Morgan fingerprint density at radius 3 is 2.12 bits per heavy atom. The smallest absolute Gasteiger partial charge is 0.119 e. The maximum absolute atomic E-state index is 5.57. The summed E-state index contributed by atoms with van der Waals surface area (Å²) in [7, 11) is 0. The molecule has 0 bridgehead atoms. The monoisotopic (exact) mass is 351 g/mol. The molecule has 0 amide bonds. The number of benzene rings is 1. The third-order valence-corrected chi connectivity index (χ3v) is 2.41. The van der Waals surface area contributed by atoms with Gasteiger partial charge in [0.1, 0.15) is 12.4 Å². The molecule has 0 aliphatic carbocycles. The van der Waals surface area contributed by atoms with Gasteiger partial charge >= 0.3 is 0 Å². The van der Waals surface area contributed by atoms with E-state index in [9.17, 15) is 0 Å². The van der Waals surface area contributed by atoms with Crippen molar-refractivity contribution in [3.8, 4) is 5.75 Å². The normalized spacial score (nSPS) is 10.4. The molecule has 5 heteroatoms. The Balaban J connectivity index is 1.95. The van der Waals surface area contributed by atoms with Gasteiger partial charge in [-0.25, -0.2) is 0 Å². The maximum atomic E-state index is 5.57. The Kier molecular flexibility index (Phi) is 8.12. The molecular weight excluding hydrogens is 333 g/mol. The van der Waals surface area contributed by atoms with Crippen molar-refractivity contribution in [3.05, 3.63) is 24.3 Å². The van der Waals surface area contributed by atoms with Gasteiger partial charge in [-0.05, 0) is 24.3 Å². The Hall–Kier alpha value is -0.530. The van der Waals surface area contributed by atoms with Gasteiger partial charge in [0, 0.05) is 10.1 Å². The lowest BCUT2D eigenvalue weighted by Gasteiger charge is -2.07. The number of alkyl halides is 1. The van der Waals surface area contributed by atoms with Gasteiger partial charge in [0.15, 0.2) is 0 Å². The SMILES string of the molecule is Nc1ccc(OCCOCCOCCI)cc1. The highest BCUT2D eigenvalue weighted by molar-refractivity contribution is 14.1. The van der Waals surface area contributed by atoms with Crippen LogP contribution < -0.4 is 10.5 Å². The molecule has 0 saturated carbocycles. The van der Waals surface area contributed by atoms with Gasteiger partial charge in [0.05, 0.1) is 26.4 Å². The minimum Gasteiger partial charge on any atom is -0.491 e. The van der Waals surface area contributed by atoms with Gasteiger partial charge in [-0.2, -0.15) is 0 Å². The van der Waals surface area contributed by atoms with Crippen LogP contribution in [0.15, 0.2) is 24.3 Å². The van der Waals surface area contributed by atoms with Gasteiger partial charge in [0.25, 0.3) is 0 Å². The number of nitrogen functional groups attached to an aromatic ring is 1. The van der Waals surface area contributed by atoms with Gasteiger partial charge in [-0.1, -0.05) is 22.6 Å². The number of hydrogen-bond donors (Lipinski definition) is 1. The predicted octanol–water partition coefficient (Wildman–Crippen LogP) is 2.12. The van der Waals surface area contributed by atoms with E-state index in [4.69, 9.17) is 19.9 Å². The second kappa shape index (κ2) is 9.49. The summed E-state index contributed by atoms with van der Waals surface area (Å²) in [4.78, 5) is 0. The van der Waals surface area contributed by atoms with Crippen LogP contribution in [0.1, 0.15) is 0 Å². The molecule has 0 fully saturated rings. The lowest BCUT2D eigenvalue weighted by atomic mass is 10.3. The lowest BCUT2D eigenvalue weighted by molar-refractivity contribution is 0.0417. The average molecular weight is 351 g/mol. The average Bonchev–Trinajstić information content (AvgIpc) is 2.35. The van der Waals surface area contributed by atoms with E-state index in [1.807, 2.05) is 24.3 Å². The molecule has 0 spiro atoms. The highest BCUT2D eigenvalue weighted by Crippen LogP contribution is 2.12. The standard InChI is InChI=1S/C12H18INO3/c13-5-6-15-7-8-16-9-10-17-12-3-1-11(14)2-4-12/h1-4H,5-10,14H2. The third-order valence-electron chi connectivity index (χ3n) is 1.97. The first-order valence-corrected chi connectivity index (χ1v) is 7.05. The molecule has 4 nitrogen and oxygen atoms in total. The molecule has 0 heterocycles. The number of nitrogens with two attached hydrogens (primary N) is 1. The van der Waals surface area contributed by atoms with E-state index < -0.39 is 0 Å². The first-order valence-electron chi connectivity index (χ1n) is 5.52. The Morgan fingerprint density at radius 2 is 1.47 bits per heavy atom. The van der Waals surface area contributed by atoms with E-state index in [1.54, 1.807) is 0 Å². The van der Waals surface area contributed by atoms with Gasteiger partial charge in [0.2, 0.25) is 0 Å². The fourth-order valence-electron chi connectivity index (χ4n) is 1.16. The van der Waals surface area contributed by atoms with Crippen molar-refractivity contribution in [2.24, 2.45) is 0 Å². The van der Waals surface area contributed by atoms with Crippen molar-refractivity contribution in [2.75, 3.05) is 43.2 Å². The second-order valence-corrected chi connectivity index (χ2v) is 4.41. The van der Waals surface area contributed by atoms with Crippen LogP contribution in [-0.2, 0) is 9.47 Å². The molecule has 0 radical (unpaired) electrons. The minimum atomic E-state index is 0.538. The molecule has 1 aromatic carbocycles. The van der Waals surface area contributed by atoms with Gasteiger partial charge < -0.3 is 19.9 Å². The Bertz CT molecular complexity index is 292. The van der Waals surface area contributed by atoms with Crippen molar-refractivity contribution >= 4 is 28.3 Å². The van der Waals surface area contributed by atoms with Gasteiger partial charge in [-0.15, -0.1) is 0 Å². The van der Waals surface area contributed by atoms with Crippen molar-refractivity contribution < 1.29 is 14.2 Å². The van der Waals surface area contributed by atoms with Crippen LogP contribution in [0.5, 0.6) is 5.75 Å². The van der Waals surface area contributed by atoms with E-state index in [0.717, 1.165) is 22.5 Å². The van der Waals surface area contributed by atoms with Crippen LogP contribution >= 0.6 is 22.6 Å². The first-order chi connectivity index (χ1) is 8.33. The molecule has 2 N–H and O–H groups in total. The quantitative estimate of drug-likeness (QED) is 0.321. The van der Waals surface area contributed by atoms with Crippen molar-refractivity contribution in [1.82, 2.24) is 0 Å². The van der Waals surface area contributed by atoms with E-state index in [-0.39, 0.29) is 0 Å². The predicted molar refractivity (Wildman–Crippen MR) is 76.9 cm³/mol. The molecule has 1 rings (SSSR count). The molecule has 0 saturated heterocycles. The fourth-order valence-corrected chi connectivity index (χ4v) is 1.47. The topological polar surface area (TPSA) is 53.7 Å². The molecule has 0 aliphatic heterocycles. The molecular formula is C12H18INO3. The zero-order chi connectivity index (χ0) is 12.3. The Morgan fingerprint density at radius 1 is 0.882 bits per heavy atom. The number of rotatable bonds is 9. The van der Waals surface area contributed by atoms with Crippen molar-refractivity contribution in [1.29, 1.82) is 0 Å². The largest absolute Gasteiger partial charge is 0.491 e. The molecule has 17 heavy (non-hydrogen) atoms. The molecule has 1 aromatic rings. The summed E-state index contributed by atoms with van der Waals surface area (Å²) in [6, 6.07) is 7.32. The molecule has 0 unspecified atom stereocenters. The van der Waals surface area contributed by atoms with Gasteiger partial charge in [-0.3, -0.25) is 0 Å². The minimum absolute atomic E-state index is 0.538. The van der Waals surface area contributed by atoms with Crippen LogP contribution in [0, 0.1) is 0 Å². The van der Waals surface area contributed by atoms with Crippen LogP contribution in [0.25, 0.3) is 0 Å². The summed E-state index contributed by atoms with van der Waals surface area (Å²) in [6.07, 6.45) is 0. The first kappa shape index (κ1) is 14.5. The lowest BCUT2D eigenvalue weighted by Crippen LogP contribution is -2.11. The fraction of sp³-hybridized carbons (Fsp3) is 0.500. The van der Waals surface area contributed by atoms with E-state index in [1.165, 1.54) is 0 Å². The van der Waals surface area contributed by atoms with E-state index in [2.05, 4.69) is 22.6 Å². The highest BCUT2D eigenvalue weighted by atomic mass is 127.